The maximum atomic E-state index is 11.2. The summed E-state index contributed by atoms with van der Waals surface area (Å²) in [6, 6.07) is 0. The van der Waals surface area contributed by atoms with Crippen molar-refractivity contribution >= 4 is 5.97 Å². The van der Waals surface area contributed by atoms with Gasteiger partial charge in [-0.25, -0.2) is 0 Å². The Morgan fingerprint density at radius 3 is 2.71 bits per heavy atom. The molecule has 0 aliphatic heterocycles. The van der Waals surface area contributed by atoms with E-state index in [9.17, 15) is 15.0 Å². The van der Waals surface area contributed by atoms with Gasteiger partial charge in [-0.05, 0) is 85.9 Å². The summed E-state index contributed by atoms with van der Waals surface area (Å²) in [4.78, 5) is 11.2. The van der Waals surface area contributed by atoms with Crippen molar-refractivity contribution in [3.05, 3.63) is 35.5 Å². The molecule has 3 nitrogen and oxygen atoms in total. The first kappa shape index (κ1) is 22.8. The average Bonchev–Trinajstić information content (AvgIpc) is 2.83. The van der Waals surface area contributed by atoms with Gasteiger partial charge in [0.15, 0.2) is 0 Å². The van der Waals surface area contributed by atoms with Crippen molar-refractivity contribution in [3.63, 3.8) is 0 Å². The lowest BCUT2D eigenvalue weighted by molar-refractivity contribution is -0.141. The molecule has 0 heterocycles. The second kappa shape index (κ2) is 8.21. The molecule has 0 saturated heterocycles. The van der Waals surface area contributed by atoms with Gasteiger partial charge in [0.1, 0.15) is 0 Å². The van der Waals surface area contributed by atoms with Gasteiger partial charge >= 0.3 is 5.97 Å². The van der Waals surface area contributed by atoms with Crippen LogP contribution in [0.4, 0.5) is 0 Å². The van der Waals surface area contributed by atoms with E-state index in [1.807, 2.05) is 6.92 Å². The molecule has 172 valence electrons. The minimum atomic E-state index is -0.673. The molecule has 0 spiro atoms. The van der Waals surface area contributed by atoms with Crippen LogP contribution >= 0.6 is 0 Å². The largest absolute Gasteiger partial charge is 0.481 e. The van der Waals surface area contributed by atoms with Gasteiger partial charge in [-0.1, -0.05) is 69.6 Å². The second-order valence-electron chi connectivity index (χ2n) is 12.0. The minimum absolute atomic E-state index is 0.160. The van der Waals surface area contributed by atoms with Crippen LogP contribution in [-0.4, -0.2) is 22.3 Å². The van der Waals surface area contributed by atoms with E-state index in [1.54, 1.807) is 5.57 Å². The fourth-order valence-electron chi connectivity index (χ4n) is 7.68. The van der Waals surface area contributed by atoms with Crippen LogP contribution in [-0.2, 0) is 4.79 Å². The topological polar surface area (TPSA) is 57.5 Å². The average molecular weight is 427 g/mol. The molecular formula is C28H42O3. The van der Waals surface area contributed by atoms with E-state index in [-0.39, 0.29) is 22.9 Å². The van der Waals surface area contributed by atoms with E-state index in [0.29, 0.717) is 17.3 Å². The Bertz CT molecular complexity index is 807. The Morgan fingerprint density at radius 2 is 1.97 bits per heavy atom. The number of hydrogen-bond donors (Lipinski definition) is 2. The number of aliphatic hydroxyl groups is 1. The molecule has 4 rings (SSSR count). The summed E-state index contributed by atoms with van der Waals surface area (Å²) in [5.74, 6) is 0.328. The highest BCUT2D eigenvalue weighted by Crippen LogP contribution is 2.63. The molecule has 1 saturated carbocycles. The Hall–Kier alpha value is -1.35. The molecule has 0 amide bonds. The highest BCUT2D eigenvalue weighted by atomic mass is 16.4. The zero-order valence-corrected chi connectivity index (χ0v) is 20.0. The number of carbonyl (C=O) groups is 1. The monoisotopic (exact) mass is 426 g/mol. The lowest BCUT2D eigenvalue weighted by atomic mass is 9.49. The molecule has 7 atom stereocenters. The van der Waals surface area contributed by atoms with Crippen LogP contribution in [0.2, 0.25) is 0 Å². The second-order valence-corrected chi connectivity index (χ2v) is 12.0. The van der Waals surface area contributed by atoms with Crippen molar-refractivity contribution in [3.8, 4) is 0 Å². The van der Waals surface area contributed by atoms with Crippen molar-refractivity contribution in [1.29, 1.82) is 0 Å². The fraction of sp³-hybridized carbons (Fsp3) is 0.750. The van der Waals surface area contributed by atoms with Crippen LogP contribution in [0.3, 0.4) is 0 Å². The van der Waals surface area contributed by atoms with E-state index in [1.165, 1.54) is 24.8 Å². The first-order valence-electron chi connectivity index (χ1n) is 12.6. The maximum absolute atomic E-state index is 11.2. The molecule has 0 aromatic rings. The van der Waals surface area contributed by atoms with E-state index in [2.05, 4.69) is 45.1 Å². The third kappa shape index (κ3) is 4.19. The number of aliphatic carboxylic acids is 1. The standard InChI is InChI=1S/C28H42O3/c1-19(25(30)31)7-5-13-26(2)14-6-8-23-22-10-9-20-17-21(29)11-16-28(20,4)24(22)12-15-27(23,3)18-26/h6,10,14,17,19,21,23-24,29H,5,7-9,11-13,15-16,18H2,1-4H3,(H,30,31)/t19-,21?,23?,24?,26?,27?,28?/m0/s1. The molecule has 0 bridgehead atoms. The van der Waals surface area contributed by atoms with Crippen molar-refractivity contribution in [2.75, 3.05) is 0 Å². The summed E-state index contributed by atoms with van der Waals surface area (Å²) in [6.45, 7) is 9.22. The number of allylic oxidation sites excluding steroid dienone is 5. The van der Waals surface area contributed by atoms with Crippen LogP contribution in [0.1, 0.15) is 91.9 Å². The van der Waals surface area contributed by atoms with E-state index in [0.717, 1.165) is 44.9 Å². The number of carboxylic acid groups (broad SMARTS) is 1. The van der Waals surface area contributed by atoms with Gasteiger partial charge in [-0.15, -0.1) is 0 Å². The zero-order valence-electron chi connectivity index (χ0n) is 20.0. The Morgan fingerprint density at radius 1 is 1.19 bits per heavy atom. The Kier molecular flexibility index (Phi) is 6.05. The van der Waals surface area contributed by atoms with E-state index in [4.69, 9.17) is 0 Å². The van der Waals surface area contributed by atoms with Crippen LogP contribution in [0.15, 0.2) is 35.5 Å². The minimum Gasteiger partial charge on any atom is -0.481 e. The maximum Gasteiger partial charge on any atom is 0.306 e. The lowest BCUT2D eigenvalue weighted by Crippen LogP contribution is -2.46. The quantitative estimate of drug-likeness (QED) is 0.482. The summed E-state index contributed by atoms with van der Waals surface area (Å²) in [6.07, 6.45) is 20.1. The number of carboxylic acids is 1. The molecule has 1 fully saturated rings. The molecule has 0 aromatic carbocycles. The van der Waals surface area contributed by atoms with Gasteiger partial charge in [-0.3, -0.25) is 4.79 Å². The van der Waals surface area contributed by atoms with Crippen LogP contribution in [0.25, 0.3) is 0 Å². The van der Waals surface area contributed by atoms with E-state index >= 15 is 0 Å². The highest BCUT2D eigenvalue weighted by molar-refractivity contribution is 5.69. The molecular weight excluding hydrogens is 384 g/mol. The zero-order chi connectivity index (χ0) is 22.4. The summed E-state index contributed by atoms with van der Waals surface area (Å²) in [5.41, 5.74) is 3.89. The number of rotatable bonds is 5. The molecule has 31 heavy (non-hydrogen) atoms. The van der Waals surface area contributed by atoms with Crippen molar-refractivity contribution in [2.45, 2.75) is 98.0 Å². The molecule has 4 aliphatic carbocycles. The van der Waals surface area contributed by atoms with E-state index < -0.39 is 5.97 Å². The molecule has 3 heteroatoms. The summed E-state index contributed by atoms with van der Waals surface area (Å²) in [7, 11) is 0. The molecule has 0 radical (unpaired) electrons. The summed E-state index contributed by atoms with van der Waals surface area (Å²) >= 11 is 0. The van der Waals surface area contributed by atoms with Crippen LogP contribution in [0, 0.1) is 34.0 Å². The molecule has 6 unspecified atom stereocenters. The Labute approximate surface area is 188 Å². The molecule has 0 aromatic heterocycles. The predicted octanol–water partition coefficient (Wildman–Crippen LogP) is 6.68. The van der Waals surface area contributed by atoms with Gasteiger partial charge < -0.3 is 10.2 Å². The predicted molar refractivity (Wildman–Crippen MR) is 126 cm³/mol. The number of fused-ring (bicyclic) bond motifs is 5. The smallest absolute Gasteiger partial charge is 0.306 e. The molecule has 2 N–H and O–H groups in total. The van der Waals surface area contributed by atoms with Crippen molar-refractivity contribution in [2.24, 2.45) is 34.0 Å². The van der Waals surface area contributed by atoms with Gasteiger partial charge in [0.05, 0.1) is 12.0 Å². The van der Waals surface area contributed by atoms with Gasteiger partial charge in [-0.2, -0.15) is 0 Å². The third-order valence-corrected chi connectivity index (χ3v) is 9.57. The van der Waals surface area contributed by atoms with Gasteiger partial charge in [0, 0.05) is 0 Å². The van der Waals surface area contributed by atoms with Gasteiger partial charge in [0.2, 0.25) is 0 Å². The van der Waals surface area contributed by atoms with Gasteiger partial charge in [0.25, 0.3) is 0 Å². The molecule has 4 aliphatic rings. The summed E-state index contributed by atoms with van der Waals surface area (Å²) in [5, 5.41) is 19.4. The normalized spacial score (nSPS) is 42.9. The van der Waals surface area contributed by atoms with Crippen molar-refractivity contribution in [1.82, 2.24) is 0 Å². The number of aliphatic hydroxyl groups excluding tert-OH is 1. The number of hydrogen-bond acceptors (Lipinski definition) is 2. The summed E-state index contributed by atoms with van der Waals surface area (Å²) < 4.78 is 0. The fourth-order valence-corrected chi connectivity index (χ4v) is 7.68. The third-order valence-electron chi connectivity index (χ3n) is 9.57. The first-order chi connectivity index (χ1) is 14.6. The highest BCUT2D eigenvalue weighted by Gasteiger charge is 2.53. The van der Waals surface area contributed by atoms with Crippen LogP contribution in [0.5, 0.6) is 0 Å². The Balaban J connectivity index is 1.53. The van der Waals surface area contributed by atoms with Crippen LogP contribution < -0.4 is 0 Å². The SMILES string of the molecule is C[C@@H](CCCC1(C)C=CCC2C3=CCC4=CC(O)CCC4(C)C3CCC2(C)C1)C(=O)O. The lowest BCUT2D eigenvalue weighted by Gasteiger charge is -2.56. The van der Waals surface area contributed by atoms with Crippen molar-refractivity contribution < 1.29 is 15.0 Å². The first-order valence-corrected chi connectivity index (χ1v) is 12.6.